The summed E-state index contributed by atoms with van der Waals surface area (Å²) in [6.45, 7) is 7.88. The average Bonchev–Trinajstić information content (AvgIpc) is 2.57. The van der Waals surface area contributed by atoms with Crippen LogP contribution in [0.5, 0.6) is 0 Å². The van der Waals surface area contributed by atoms with Crippen molar-refractivity contribution in [2.75, 3.05) is 13.1 Å². The molecular weight excluding hydrogens is 278 g/mol. The summed E-state index contributed by atoms with van der Waals surface area (Å²) in [5.74, 6) is -0.158. The van der Waals surface area contributed by atoms with Crippen LogP contribution in [0.3, 0.4) is 0 Å². The lowest BCUT2D eigenvalue weighted by molar-refractivity contribution is -0.128. The SMILES string of the molecule is CCN(CC(C)(C)O)C(=O)C=Cc1c(C)nn(C)c1Cl. The van der Waals surface area contributed by atoms with Gasteiger partial charge in [0.1, 0.15) is 5.15 Å². The second-order valence-electron chi connectivity index (χ2n) is 5.41. The number of aryl methyl sites for hydroxylation is 2. The van der Waals surface area contributed by atoms with Crippen LogP contribution in [-0.2, 0) is 11.8 Å². The number of rotatable bonds is 5. The second-order valence-corrected chi connectivity index (χ2v) is 5.77. The Hall–Kier alpha value is -1.33. The van der Waals surface area contributed by atoms with Crippen molar-refractivity contribution in [3.63, 3.8) is 0 Å². The topological polar surface area (TPSA) is 58.4 Å². The van der Waals surface area contributed by atoms with Gasteiger partial charge < -0.3 is 10.0 Å². The number of amides is 1. The summed E-state index contributed by atoms with van der Waals surface area (Å²) in [5, 5.41) is 14.5. The van der Waals surface area contributed by atoms with Crippen LogP contribution < -0.4 is 0 Å². The number of aromatic nitrogens is 2. The predicted molar refractivity (Wildman–Crippen MR) is 80.5 cm³/mol. The van der Waals surface area contributed by atoms with Crippen molar-refractivity contribution in [2.24, 2.45) is 7.05 Å². The Bertz CT molecular complexity index is 515. The van der Waals surface area contributed by atoms with E-state index in [1.165, 1.54) is 6.08 Å². The van der Waals surface area contributed by atoms with Gasteiger partial charge in [0, 0.05) is 31.8 Å². The Balaban J connectivity index is 2.85. The van der Waals surface area contributed by atoms with E-state index >= 15 is 0 Å². The first kappa shape index (κ1) is 16.7. The molecule has 1 rings (SSSR count). The van der Waals surface area contributed by atoms with Crippen LogP contribution in [0.25, 0.3) is 6.08 Å². The van der Waals surface area contributed by atoms with Crippen LogP contribution in [0, 0.1) is 6.92 Å². The van der Waals surface area contributed by atoms with E-state index in [-0.39, 0.29) is 12.5 Å². The number of aliphatic hydroxyl groups is 1. The molecule has 0 atom stereocenters. The lowest BCUT2D eigenvalue weighted by Crippen LogP contribution is -2.41. The van der Waals surface area contributed by atoms with Gasteiger partial charge in [0.25, 0.3) is 0 Å². The summed E-state index contributed by atoms with van der Waals surface area (Å²) in [6, 6.07) is 0. The normalized spacial score (nSPS) is 12.2. The van der Waals surface area contributed by atoms with Crippen molar-refractivity contribution in [3.8, 4) is 0 Å². The Morgan fingerprint density at radius 3 is 2.55 bits per heavy atom. The summed E-state index contributed by atoms with van der Waals surface area (Å²) in [7, 11) is 1.75. The minimum Gasteiger partial charge on any atom is -0.389 e. The van der Waals surface area contributed by atoms with E-state index in [1.807, 2.05) is 13.8 Å². The lowest BCUT2D eigenvalue weighted by Gasteiger charge is -2.27. The largest absolute Gasteiger partial charge is 0.389 e. The van der Waals surface area contributed by atoms with Crippen LogP contribution in [-0.4, -0.2) is 44.4 Å². The van der Waals surface area contributed by atoms with Gasteiger partial charge in [0.2, 0.25) is 5.91 Å². The first-order chi connectivity index (χ1) is 9.15. The molecule has 1 aromatic rings. The first-order valence-corrected chi connectivity index (χ1v) is 6.92. The fourth-order valence-corrected chi connectivity index (χ4v) is 2.15. The zero-order valence-corrected chi connectivity index (χ0v) is 13.4. The maximum atomic E-state index is 12.1. The molecule has 1 amide bonds. The highest BCUT2D eigenvalue weighted by Gasteiger charge is 2.20. The highest BCUT2D eigenvalue weighted by Crippen LogP contribution is 2.20. The van der Waals surface area contributed by atoms with Gasteiger partial charge in [0.05, 0.1) is 11.3 Å². The van der Waals surface area contributed by atoms with E-state index < -0.39 is 5.60 Å². The van der Waals surface area contributed by atoms with Crippen molar-refractivity contribution < 1.29 is 9.90 Å². The van der Waals surface area contributed by atoms with E-state index in [4.69, 9.17) is 11.6 Å². The molecule has 0 spiro atoms. The Labute approximate surface area is 124 Å². The van der Waals surface area contributed by atoms with Crippen molar-refractivity contribution in [2.45, 2.75) is 33.3 Å². The third-order valence-corrected chi connectivity index (χ3v) is 3.31. The van der Waals surface area contributed by atoms with Crippen LogP contribution >= 0.6 is 11.6 Å². The molecular formula is C14H22ClN3O2. The molecule has 0 radical (unpaired) electrons. The summed E-state index contributed by atoms with van der Waals surface area (Å²) in [5.41, 5.74) is 0.593. The monoisotopic (exact) mass is 299 g/mol. The average molecular weight is 300 g/mol. The standard InChI is InChI=1S/C14H22ClN3O2/c1-6-18(9-14(3,4)20)12(19)8-7-11-10(2)16-17(5)13(11)15/h7-8,20H,6,9H2,1-5H3. The van der Waals surface area contributed by atoms with Gasteiger partial charge in [-0.2, -0.15) is 5.10 Å². The number of carbonyl (C=O) groups excluding carboxylic acids is 1. The highest BCUT2D eigenvalue weighted by molar-refractivity contribution is 6.31. The second kappa shape index (κ2) is 6.41. The van der Waals surface area contributed by atoms with Crippen molar-refractivity contribution in [1.82, 2.24) is 14.7 Å². The predicted octanol–water partition coefficient (Wildman–Crippen LogP) is 2.01. The van der Waals surface area contributed by atoms with E-state index in [0.717, 1.165) is 11.3 Å². The van der Waals surface area contributed by atoms with E-state index in [2.05, 4.69) is 5.10 Å². The molecule has 112 valence electrons. The van der Waals surface area contributed by atoms with Gasteiger partial charge in [-0.15, -0.1) is 0 Å². The number of hydrogen-bond acceptors (Lipinski definition) is 3. The summed E-state index contributed by atoms with van der Waals surface area (Å²) < 4.78 is 1.56. The van der Waals surface area contributed by atoms with Gasteiger partial charge in [-0.05, 0) is 33.8 Å². The third-order valence-electron chi connectivity index (χ3n) is 2.86. The minimum atomic E-state index is -0.915. The summed E-state index contributed by atoms with van der Waals surface area (Å²) in [6.07, 6.45) is 3.13. The number of carbonyl (C=O) groups is 1. The summed E-state index contributed by atoms with van der Waals surface area (Å²) >= 11 is 6.10. The smallest absolute Gasteiger partial charge is 0.246 e. The molecule has 0 aliphatic heterocycles. The van der Waals surface area contributed by atoms with Crippen LogP contribution in [0.2, 0.25) is 5.15 Å². The molecule has 1 heterocycles. The molecule has 5 nitrogen and oxygen atoms in total. The number of nitrogens with zero attached hydrogens (tertiary/aromatic N) is 3. The molecule has 0 unspecified atom stereocenters. The molecule has 0 aliphatic rings. The molecule has 1 aromatic heterocycles. The van der Waals surface area contributed by atoms with Crippen LogP contribution in [0.4, 0.5) is 0 Å². The molecule has 0 bridgehead atoms. The zero-order chi connectivity index (χ0) is 15.5. The van der Waals surface area contributed by atoms with Gasteiger partial charge in [-0.3, -0.25) is 9.48 Å². The van der Waals surface area contributed by atoms with E-state index in [9.17, 15) is 9.90 Å². The van der Waals surface area contributed by atoms with Gasteiger partial charge in [0.15, 0.2) is 0 Å². The Morgan fingerprint density at radius 1 is 1.55 bits per heavy atom. The maximum Gasteiger partial charge on any atom is 0.246 e. The molecule has 1 N–H and O–H groups in total. The maximum absolute atomic E-state index is 12.1. The Kier molecular flexibility index (Phi) is 5.36. The summed E-state index contributed by atoms with van der Waals surface area (Å²) in [4.78, 5) is 13.7. The van der Waals surface area contributed by atoms with Crippen LogP contribution in [0.1, 0.15) is 32.0 Å². The Morgan fingerprint density at radius 2 is 2.15 bits per heavy atom. The van der Waals surface area contributed by atoms with Crippen molar-refractivity contribution in [1.29, 1.82) is 0 Å². The molecule has 0 fully saturated rings. The molecule has 0 saturated carbocycles. The highest BCUT2D eigenvalue weighted by atomic mass is 35.5. The molecule has 0 saturated heterocycles. The minimum absolute atomic E-state index is 0.158. The van der Waals surface area contributed by atoms with Crippen molar-refractivity contribution in [3.05, 3.63) is 22.5 Å². The molecule has 20 heavy (non-hydrogen) atoms. The first-order valence-electron chi connectivity index (χ1n) is 6.54. The van der Waals surface area contributed by atoms with Gasteiger partial charge in [-0.25, -0.2) is 0 Å². The molecule has 0 aliphatic carbocycles. The number of hydrogen-bond donors (Lipinski definition) is 1. The van der Waals surface area contributed by atoms with Crippen molar-refractivity contribution >= 4 is 23.6 Å². The third kappa shape index (κ3) is 4.35. The van der Waals surface area contributed by atoms with E-state index in [0.29, 0.717) is 11.7 Å². The molecule has 0 aromatic carbocycles. The lowest BCUT2D eigenvalue weighted by atomic mass is 10.1. The van der Waals surface area contributed by atoms with Gasteiger partial charge in [-0.1, -0.05) is 11.6 Å². The van der Waals surface area contributed by atoms with Gasteiger partial charge >= 0.3 is 0 Å². The van der Waals surface area contributed by atoms with Crippen LogP contribution in [0.15, 0.2) is 6.08 Å². The fourth-order valence-electron chi connectivity index (χ4n) is 1.91. The fraction of sp³-hybridized carbons (Fsp3) is 0.571. The number of likely N-dealkylation sites (N-methyl/N-ethyl adjacent to an activating group) is 1. The zero-order valence-electron chi connectivity index (χ0n) is 12.6. The molecule has 6 heteroatoms. The quantitative estimate of drug-likeness (QED) is 0.846. The van der Waals surface area contributed by atoms with E-state index in [1.54, 1.807) is 36.6 Å². The number of halogens is 1.